The Morgan fingerprint density at radius 1 is 1.38 bits per heavy atom. The molecule has 1 heterocycles. The number of nitrogens with one attached hydrogen (secondary N) is 1. The van der Waals surface area contributed by atoms with E-state index in [2.05, 4.69) is 15.4 Å². The third-order valence-corrected chi connectivity index (χ3v) is 3.91. The van der Waals surface area contributed by atoms with Crippen LogP contribution in [-0.4, -0.2) is 29.1 Å². The number of aryl methyl sites for hydroxylation is 1. The van der Waals surface area contributed by atoms with Crippen LogP contribution in [0, 0.1) is 13.8 Å². The maximum Gasteiger partial charge on any atom is 0.246 e. The number of primary sulfonamides is 1. The second kappa shape index (κ2) is 5.62. The second-order valence-corrected chi connectivity index (χ2v) is 6.16. The van der Waals surface area contributed by atoms with Crippen LogP contribution in [0.15, 0.2) is 29.7 Å². The van der Waals surface area contributed by atoms with Crippen molar-refractivity contribution >= 4 is 21.6 Å². The van der Waals surface area contributed by atoms with E-state index >= 15 is 0 Å². The van der Waals surface area contributed by atoms with Crippen molar-refractivity contribution in [3.05, 3.63) is 35.9 Å². The van der Waals surface area contributed by atoms with Gasteiger partial charge in [-0.1, -0.05) is 0 Å². The average molecular weight is 309 g/mol. The first-order chi connectivity index (χ1) is 9.77. The van der Waals surface area contributed by atoms with Gasteiger partial charge in [-0.3, -0.25) is 4.79 Å². The van der Waals surface area contributed by atoms with E-state index < -0.39 is 10.0 Å². The summed E-state index contributed by atoms with van der Waals surface area (Å²) in [6.45, 7) is 3.52. The summed E-state index contributed by atoms with van der Waals surface area (Å²) in [4.78, 5) is 15.6. The van der Waals surface area contributed by atoms with Gasteiger partial charge >= 0.3 is 0 Å². The van der Waals surface area contributed by atoms with Crippen molar-refractivity contribution in [3.63, 3.8) is 0 Å². The normalized spacial score (nSPS) is 11.4. The van der Waals surface area contributed by atoms with Crippen LogP contribution >= 0.6 is 0 Å². The predicted molar refractivity (Wildman–Crippen MR) is 75.9 cm³/mol. The lowest BCUT2D eigenvalue weighted by molar-refractivity contribution is -0.116. The van der Waals surface area contributed by atoms with E-state index in [1.807, 2.05) is 0 Å². The number of carbonyl (C=O) groups excluding carboxylic acids is 1. The first kappa shape index (κ1) is 15.1. The maximum atomic E-state index is 11.9. The molecule has 8 nitrogen and oxygen atoms in total. The van der Waals surface area contributed by atoms with E-state index in [9.17, 15) is 13.2 Å². The zero-order valence-corrected chi connectivity index (χ0v) is 12.4. The minimum absolute atomic E-state index is 0.0158. The van der Waals surface area contributed by atoms with Gasteiger partial charge < -0.3 is 5.32 Å². The fraction of sp³-hybridized carbons (Fsp3) is 0.250. The van der Waals surface area contributed by atoms with Gasteiger partial charge in [0.15, 0.2) is 0 Å². The van der Waals surface area contributed by atoms with Gasteiger partial charge in [0.2, 0.25) is 15.9 Å². The first-order valence-corrected chi connectivity index (χ1v) is 7.58. The number of aromatic nitrogens is 3. The van der Waals surface area contributed by atoms with Gasteiger partial charge in [0.25, 0.3) is 0 Å². The zero-order chi connectivity index (χ0) is 15.6. The molecule has 0 aliphatic carbocycles. The molecule has 1 amide bonds. The van der Waals surface area contributed by atoms with Gasteiger partial charge in [-0.05, 0) is 37.1 Å². The van der Waals surface area contributed by atoms with Crippen LogP contribution in [0.1, 0.15) is 11.1 Å². The van der Waals surface area contributed by atoms with Crippen LogP contribution < -0.4 is 10.5 Å². The largest absolute Gasteiger partial charge is 0.324 e. The lowest BCUT2D eigenvalue weighted by Crippen LogP contribution is -2.20. The van der Waals surface area contributed by atoms with Crippen molar-refractivity contribution in [2.24, 2.45) is 5.14 Å². The predicted octanol–water partition coefficient (Wildman–Crippen LogP) is 0.181. The molecule has 0 bridgehead atoms. The molecule has 2 aromatic rings. The van der Waals surface area contributed by atoms with Crippen LogP contribution in [0.2, 0.25) is 0 Å². The summed E-state index contributed by atoms with van der Waals surface area (Å²) in [6, 6.07) is 2.81. The highest BCUT2D eigenvalue weighted by Gasteiger charge is 2.14. The van der Waals surface area contributed by atoms with Crippen molar-refractivity contribution in [2.45, 2.75) is 25.3 Å². The highest BCUT2D eigenvalue weighted by molar-refractivity contribution is 7.89. The molecule has 3 N–H and O–H groups in total. The number of hydrogen-bond donors (Lipinski definition) is 2. The van der Waals surface area contributed by atoms with E-state index in [4.69, 9.17) is 5.14 Å². The van der Waals surface area contributed by atoms with Gasteiger partial charge in [0.1, 0.15) is 19.2 Å². The molecule has 0 spiro atoms. The number of carbonyl (C=O) groups is 1. The van der Waals surface area contributed by atoms with Crippen molar-refractivity contribution in [1.82, 2.24) is 14.8 Å². The molecular weight excluding hydrogens is 294 g/mol. The van der Waals surface area contributed by atoms with Crippen molar-refractivity contribution in [2.75, 3.05) is 5.32 Å². The quantitative estimate of drug-likeness (QED) is 0.834. The van der Waals surface area contributed by atoms with Crippen LogP contribution in [0.4, 0.5) is 5.69 Å². The highest BCUT2D eigenvalue weighted by atomic mass is 32.2. The molecule has 112 valence electrons. The third-order valence-electron chi connectivity index (χ3n) is 3.02. The van der Waals surface area contributed by atoms with Gasteiger partial charge in [-0.25, -0.2) is 23.2 Å². The number of nitrogens with zero attached hydrogens (tertiary/aromatic N) is 3. The van der Waals surface area contributed by atoms with E-state index in [1.165, 1.54) is 29.5 Å². The Kier molecular flexibility index (Phi) is 4.05. The summed E-state index contributed by atoms with van der Waals surface area (Å²) >= 11 is 0. The fourth-order valence-corrected chi connectivity index (χ4v) is 2.39. The zero-order valence-electron chi connectivity index (χ0n) is 11.6. The number of benzene rings is 1. The Morgan fingerprint density at radius 3 is 2.67 bits per heavy atom. The summed E-state index contributed by atoms with van der Waals surface area (Å²) in [5.41, 5.74) is 1.90. The monoisotopic (exact) mass is 309 g/mol. The minimum Gasteiger partial charge on any atom is -0.324 e. The molecule has 1 aromatic carbocycles. The molecule has 21 heavy (non-hydrogen) atoms. The van der Waals surface area contributed by atoms with Gasteiger partial charge in [-0.15, -0.1) is 0 Å². The summed E-state index contributed by atoms with van der Waals surface area (Å²) < 4.78 is 24.2. The maximum absolute atomic E-state index is 11.9. The molecule has 0 fully saturated rings. The van der Waals surface area contributed by atoms with Crippen molar-refractivity contribution in [1.29, 1.82) is 0 Å². The minimum atomic E-state index is -3.83. The molecule has 2 rings (SSSR count). The van der Waals surface area contributed by atoms with Gasteiger partial charge in [0.05, 0.1) is 4.90 Å². The molecule has 0 saturated carbocycles. The Bertz CT molecular complexity index is 768. The highest BCUT2D eigenvalue weighted by Crippen LogP contribution is 2.23. The van der Waals surface area contributed by atoms with E-state index in [0.717, 1.165) is 11.1 Å². The number of sulfonamides is 1. The average Bonchev–Trinajstić information content (AvgIpc) is 2.86. The standard InChI is InChI=1S/C12H15N5O3S/c1-8-3-10(21(13,19)20)4-11(9(8)2)16-12(18)5-17-7-14-6-15-17/h3-4,6-7H,5H2,1-2H3,(H,16,18)(H2,13,19,20). The molecule has 0 atom stereocenters. The smallest absolute Gasteiger partial charge is 0.246 e. The molecular formula is C12H15N5O3S. The second-order valence-electron chi connectivity index (χ2n) is 4.60. The molecule has 0 aliphatic heterocycles. The van der Waals surface area contributed by atoms with E-state index in [-0.39, 0.29) is 17.3 Å². The van der Waals surface area contributed by atoms with Crippen molar-refractivity contribution < 1.29 is 13.2 Å². The van der Waals surface area contributed by atoms with Gasteiger partial charge in [0, 0.05) is 5.69 Å². The van der Waals surface area contributed by atoms with Crippen LogP contribution in [0.3, 0.4) is 0 Å². The van der Waals surface area contributed by atoms with E-state index in [0.29, 0.717) is 5.69 Å². The SMILES string of the molecule is Cc1cc(S(N)(=O)=O)cc(NC(=O)Cn2cncn2)c1C. The molecule has 0 saturated heterocycles. The van der Waals surface area contributed by atoms with Crippen LogP contribution in [-0.2, 0) is 21.4 Å². The Labute approximate surface area is 122 Å². The molecule has 0 aliphatic rings. The Balaban J connectivity index is 2.27. The fourth-order valence-electron chi connectivity index (χ4n) is 1.77. The summed E-state index contributed by atoms with van der Waals surface area (Å²) in [6.07, 6.45) is 2.74. The summed E-state index contributed by atoms with van der Waals surface area (Å²) in [5.74, 6) is -0.338. The molecule has 1 aromatic heterocycles. The third kappa shape index (κ3) is 3.64. The van der Waals surface area contributed by atoms with Gasteiger partial charge in [-0.2, -0.15) is 5.10 Å². The van der Waals surface area contributed by atoms with E-state index in [1.54, 1.807) is 13.8 Å². The number of amides is 1. The summed E-state index contributed by atoms with van der Waals surface area (Å²) in [5, 5.41) is 11.6. The summed E-state index contributed by atoms with van der Waals surface area (Å²) in [7, 11) is -3.83. The molecule has 9 heteroatoms. The Morgan fingerprint density at radius 2 is 2.10 bits per heavy atom. The van der Waals surface area contributed by atoms with Crippen LogP contribution in [0.5, 0.6) is 0 Å². The lowest BCUT2D eigenvalue weighted by Gasteiger charge is -2.12. The number of hydrogen-bond acceptors (Lipinski definition) is 5. The number of rotatable bonds is 4. The molecule has 0 radical (unpaired) electrons. The number of anilines is 1. The lowest BCUT2D eigenvalue weighted by atomic mass is 10.1. The number of nitrogens with two attached hydrogens (primary N) is 1. The Hall–Kier alpha value is -2.26. The first-order valence-electron chi connectivity index (χ1n) is 6.03. The van der Waals surface area contributed by atoms with Crippen molar-refractivity contribution in [3.8, 4) is 0 Å². The van der Waals surface area contributed by atoms with Crippen LogP contribution in [0.25, 0.3) is 0 Å². The topological polar surface area (TPSA) is 120 Å². The molecule has 0 unspecified atom stereocenters.